The molecule has 4 aromatic rings. The molecule has 0 aromatic heterocycles. The van der Waals surface area contributed by atoms with Crippen molar-refractivity contribution in [1.82, 2.24) is 5.32 Å². The Bertz CT molecular complexity index is 1370. The van der Waals surface area contributed by atoms with Crippen LogP contribution in [0.1, 0.15) is 33.4 Å². The van der Waals surface area contributed by atoms with Crippen LogP contribution in [0.25, 0.3) is 0 Å². The molecule has 0 saturated carbocycles. The lowest BCUT2D eigenvalue weighted by Gasteiger charge is -2.39. The molecule has 8 heteroatoms. The first-order chi connectivity index (χ1) is 18.4. The maximum Gasteiger partial charge on any atom is 0.416 e. The Morgan fingerprint density at radius 1 is 0.615 bits per heavy atom. The summed E-state index contributed by atoms with van der Waals surface area (Å²) in [5, 5.41) is 3.80. The molecule has 1 N–H and O–H groups in total. The molecule has 0 aliphatic carbocycles. The zero-order chi connectivity index (χ0) is 28.3. The zero-order valence-corrected chi connectivity index (χ0v) is 21.3. The first kappa shape index (κ1) is 28.3. The summed E-state index contributed by atoms with van der Waals surface area (Å²) in [4.78, 5) is 0. The van der Waals surface area contributed by atoms with Crippen LogP contribution in [0.3, 0.4) is 0 Å². The van der Waals surface area contributed by atoms with Crippen LogP contribution >= 0.6 is 11.6 Å². The summed E-state index contributed by atoms with van der Waals surface area (Å²) < 4.78 is 82.7. The predicted molar refractivity (Wildman–Crippen MR) is 141 cm³/mol. The molecular formula is C31H24ClF6N. The Labute approximate surface area is 227 Å². The van der Waals surface area contributed by atoms with E-state index >= 15 is 0 Å². The maximum absolute atomic E-state index is 13.8. The predicted octanol–water partition coefficient (Wildman–Crippen LogP) is 9.21. The fraction of sp³-hybridized carbons (Fsp3) is 0.161. The lowest BCUT2D eigenvalue weighted by Crippen LogP contribution is -2.45. The molecule has 4 aromatic carbocycles. The van der Waals surface area contributed by atoms with E-state index in [-0.39, 0.29) is 24.0 Å². The Morgan fingerprint density at radius 3 is 1.59 bits per heavy atom. The lowest BCUT2D eigenvalue weighted by molar-refractivity contribution is -0.138. The van der Waals surface area contributed by atoms with E-state index in [9.17, 15) is 26.3 Å². The standard InChI is InChI=1S/C31H24ClF6N/c1-21(17-22-13-15-28(32)16-14-22)39-29(20-23-7-3-2-4-8-23,24-9-5-11-26(18-24)30(33,34)35)25-10-6-12-27(19-25)31(36,37)38/h2-16,18-19,39H,1,17,20H2. The smallest absolute Gasteiger partial charge is 0.375 e. The number of nitrogens with one attached hydrogen (secondary N) is 1. The van der Waals surface area contributed by atoms with Crippen molar-refractivity contribution in [3.05, 3.63) is 154 Å². The number of hydrogen-bond donors (Lipinski definition) is 1. The number of alkyl halides is 6. The first-order valence-corrected chi connectivity index (χ1v) is 12.3. The highest BCUT2D eigenvalue weighted by Gasteiger charge is 2.40. The van der Waals surface area contributed by atoms with E-state index in [1.54, 1.807) is 54.6 Å². The van der Waals surface area contributed by atoms with Crippen LogP contribution < -0.4 is 5.32 Å². The maximum atomic E-state index is 13.8. The van der Waals surface area contributed by atoms with Gasteiger partial charge in [0.2, 0.25) is 0 Å². The number of hydrogen-bond acceptors (Lipinski definition) is 1. The molecule has 4 rings (SSSR count). The monoisotopic (exact) mass is 559 g/mol. The van der Waals surface area contributed by atoms with Gasteiger partial charge < -0.3 is 5.32 Å². The van der Waals surface area contributed by atoms with Gasteiger partial charge in [-0.1, -0.05) is 84.9 Å². The number of benzene rings is 4. The summed E-state index contributed by atoms with van der Waals surface area (Å²) in [6.45, 7) is 4.10. The van der Waals surface area contributed by atoms with Crippen LogP contribution in [-0.4, -0.2) is 0 Å². The average molecular weight is 560 g/mol. The van der Waals surface area contributed by atoms with Crippen LogP contribution in [0.15, 0.2) is 115 Å². The Kier molecular flexibility index (Phi) is 8.12. The number of rotatable bonds is 8. The van der Waals surface area contributed by atoms with Gasteiger partial charge in [0.1, 0.15) is 0 Å². The molecule has 0 amide bonds. The Hall–Kier alpha value is -3.71. The van der Waals surface area contributed by atoms with Crippen molar-refractivity contribution >= 4 is 11.6 Å². The normalized spacial score (nSPS) is 12.3. The largest absolute Gasteiger partial charge is 0.416 e. The van der Waals surface area contributed by atoms with Gasteiger partial charge in [-0.25, -0.2) is 0 Å². The highest BCUT2D eigenvalue weighted by molar-refractivity contribution is 6.30. The second kappa shape index (κ2) is 11.2. The second-order valence-electron chi connectivity index (χ2n) is 9.26. The molecular weight excluding hydrogens is 536 g/mol. The van der Waals surface area contributed by atoms with Crippen molar-refractivity contribution in [3.8, 4) is 0 Å². The molecule has 0 atom stereocenters. The molecule has 0 fully saturated rings. The first-order valence-electron chi connectivity index (χ1n) is 12.0. The van der Waals surface area contributed by atoms with Crippen molar-refractivity contribution in [3.63, 3.8) is 0 Å². The average Bonchev–Trinajstić information content (AvgIpc) is 2.89. The number of halogens is 7. The van der Waals surface area contributed by atoms with E-state index in [0.717, 1.165) is 29.8 Å². The molecule has 0 radical (unpaired) electrons. The quantitative estimate of drug-likeness (QED) is 0.212. The molecule has 0 unspecified atom stereocenters. The third-order valence-corrected chi connectivity index (χ3v) is 6.65. The van der Waals surface area contributed by atoms with Gasteiger partial charge in [0.15, 0.2) is 0 Å². The van der Waals surface area contributed by atoms with Crippen LogP contribution in [-0.2, 0) is 30.7 Å². The minimum absolute atomic E-state index is 0.0517. The van der Waals surface area contributed by atoms with E-state index in [4.69, 9.17) is 11.6 Å². The van der Waals surface area contributed by atoms with Crippen molar-refractivity contribution in [2.75, 3.05) is 0 Å². The Balaban J connectivity index is 1.92. The molecule has 1 nitrogen and oxygen atoms in total. The van der Waals surface area contributed by atoms with Crippen LogP contribution in [0.5, 0.6) is 0 Å². The summed E-state index contributed by atoms with van der Waals surface area (Å²) in [5.74, 6) is 0. The van der Waals surface area contributed by atoms with Gasteiger partial charge in [-0.2, -0.15) is 26.3 Å². The molecule has 0 spiro atoms. The molecule has 0 aliphatic heterocycles. The number of allylic oxidation sites excluding steroid dienone is 1. The third-order valence-electron chi connectivity index (χ3n) is 6.40. The molecule has 0 saturated heterocycles. The second-order valence-corrected chi connectivity index (χ2v) is 9.69. The van der Waals surface area contributed by atoms with Crippen molar-refractivity contribution < 1.29 is 26.3 Å². The fourth-order valence-corrected chi connectivity index (χ4v) is 4.70. The molecule has 0 heterocycles. The van der Waals surface area contributed by atoms with Crippen molar-refractivity contribution in [1.29, 1.82) is 0 Å². The van der Waals surface area contributed by atoms with Gasteiger partial charge >= 0.3 is 12.4 Å². The van der Waals surface area contributed by atoms with Crippen LogP contribution in [0.4, 0.5) is 26.3 Å². The SMILES string of the molecule is C=C(Cc1ccc(Cl)cc1)NC(Cc1ccccc1)(c1cccc(C(F)(F)F)c1)c1cccc(C(F)(F)F)c1. The highest BCUT2D eigenvalue weighted by Crippen LogP contribution is 2.40. The molecule has 202 valence electrons. The molecule has 39 heavy (non-hydrogen) atoms. The van der Waals surface area contributed by atoms with Crippen molar-refractivity contribution in [2.24, 2.45) is 0 Å². The van der Waals surface area contributed by atoms with Gasteiger partial charge in [-0.3, -0.25) is 0 Å². The summed E-state index contributed by atoms with van der Waals surface area (Å²) in [5.41, 5.74) is -1.10. The van der Waals surface area contributed by atoms with Gasteiger partial charge in [-0.15, -0.1) is 0 Å². The van der Waals surface area contributed by atoms with E-state index in [0.29, 0.717) is 16.3 Å². The molecule has 0 bridgehead atoms. The van der Waals surface area contributed by atoms with E-state index < -0.39 is 29.0 Å². The fourth-order valence-electron chi connectivity index (χ4n) is 4.58. The van der Waals surface area contributed by atoms with E-state index in [2.05, 4.69) is 11.9 Å². The summed E-state index contributed by atoms with van der Waals surface area (Å²) in [7, 11) is 0. The van der Waals surface area contributed by atoms with Gasteiger partial charge in [-0.05, 0) is 58.7 Å². The summed E-state index contributed by atoms with van der Waals surface area (Å²) in [6, 6.07) is 25.1. The topological polar surface area (TPSA) is 12.0 Å². The Morgan fingerprint density at radius 2 is 1.10 bits per heavy atom. The lowest BCUT2D eigenvalue weighted by atomic mass is 9.76. The third kappa shape index (κ3) is 6.84. The minimum Gasteiger partial charge on any atom is -0.375 e. The van der Waals surface area contributed by atoms with Crippen LogP contribution in [0.2, 0.25) is 5.02 Å². The summed E-state index contributed by atoms with van der Waals surface area (Å²) in [6.07, 6.45) is -8.98. The van der Waals surface area contributed by atoms with Gasteiger partial charge in [0, 0.05) is 23.6 Å². The summed E-state index contributed by atoms with van der Waals surface area (Å²) >= 11 is 5.99. The van der Waals surface area contributed by atoms with E-state index in [1.165, 1.54) is 24.3 Å². The van der Waals surface area contributed by atoms with Gasteiger partial charge in [0.05, 0.1) is 16.7 Å². The van der Waals surface area contributed by atoms with Crippen LogP contribution in [0, 0.1) is 0 Å². The highest BCUT2D eigenvalue weighted by atomic mass is 35.5. The molecule has 0 aliphatic rings. The zero-order valence-electron chi connectivity index (χ0n) is 20.6. The van der Waals surface area contributed by atoms with Gasteiger partial charge in [0.25, 0.3) is 0 Å². The van der Waals surface area contributed by atoms with Crippen molar-refractivity contribution in [2.45, 2.75) is 30.7 Å². The van der Waals surface area contributed by atoms with E-state index in [1.807, 2.05) is 0 Å². The minimum atomic E-state index is -4.65.